The first-order chi connectivity index (χ1) is 8.85. The van der Waals surface area contributed by atoms with Crippen molar-refractivity contribution in [3.8, 4) is 0 Å². The molecule has 0 saturated carbocycles. The number of carbonyl (C=O) groups is 1. The summed E-state index contributed by atoms with van der Waals surface area (Å²) in [6.45, 7) is 7.28. The number of likely N-dealkylation sites (N-methyl/N-ethyl adjacent to an activating group) is 1. The molecule has 0 spiro atoms. The zero-order chi connectivity index (χ0) is 14.2. The van der Waals surface area contributed by atoms with Gasteiger partial charge in [0.05, 0.1) is 0 Å². The molecule has 1 saturated heterocycles. The number of rotatable bonds is 2. The van der Waals surface area contributed by atoms with Gasteiger partial charge in [-0.1, -0.05) is 6.07 Å². The minimum Gasteiger partial charge on any atom is -0.342 e. The van der Waals surface area contributed by atoms with Gasteiger partial charge in [-0.2, -0.15) is 0 Å². The Morgan fingerprint density at radius 2 is 2.11 bits per heavy atom. The third-order valence-corrected chi connectivity index (χ3v) is 3.77. The van der Waals surface area contributed by atoms with E-state index in [0.717, 1.165) is 17.9 Å². The summed E-state index contributed by atoms with van der Waals surface area (Å²) in [4.78, 5) is 20.6. The van der Waals surface area contributed by atoms with Gasteiger partial charge in [-0.05, 0) is 26.8 Å². The molecule has 5 nitrogen and oxygen atoms in total. The monoisotopic (exact) mass is 262 g/mol. The van der Waals surface area contributed by atoms with Crippen LogP contribution in [0.15, 0.2) is 18.3 Å². The fourth-order valence-corrected chi connectivity index (χ4v) is 2.57. The highest BCUT2D eigenvalue weighted by Crippen LogP contribution is 2.31. The highest BCUT2D eigenvalue weighted by molar-refractivity contribution is 5.90. The average molecular weight is 262 g/mol. The molecule has 1 unspecified atom stereocenters. The van der Waals surface area contributed by atoms with Gasteiger partial charge in [0.25, 0.3) is 0 Å². The minimum atomic E-state index is -0.592. The molecule has 2 heterocycles. The van der Waals surface area contributed by atoms with Gasteiger partial charge in [0.1, 0.15) is 11.4 Å². The van der Waals surface area contributed by atoms with E-state index in [4.69, 9.17) is 5.73 Å². The standard InChI is InChI=1S/C14H22N4O/c1-10(15)11-6-5-7-16-12(11)18-9-8-17(4)13(19)14(18,2)3/h5-7,10H,8-9,15H2,1-4H3. The molecule has 2 rings (SSSR count). The second-order valence-corrected chi connectivity index (χ2v) is 5.64. The van der Waals surface area contributed by atoms with E-state index in [-0.39, 0.29) is 11.9 Å². The van der Waals surface area contributed by atoms with Gasteiger partial charge in [-0.15, -0.1) is 0 Å². The molecule has 1 atom stereocenters. The Morgan fingerprint density at radius 1 is 1.42 bits per heavy atom. The van der Waals surface area contributed by atoms with Gasteiger partial charge in [-0.3, -0.25) is 4.79 Å². The van der Waals surface area contributed by atoms with Crippen molar-refractivity contribution >= 4 is 11.7 Å². The van der Waals surface area contributed by atoms with Crippen molar-refractivity contribution in [2.24, 2.45) is 5.73 Å². The normalized spacial score (nSPS) is 20.6. The van der Waals surface area contributed by atoms with Crippen molar-refractivity contribution in [1.82, 2.24) is 9.88 Å². The molecule has 5 heteroatoms. The van der Waals surface area contributed by atoms with Gasteiger partial charge >= 0.3 is 0 Å². The molecule has 0 radical (unpaired) electrons. The number of amides is 1. The summed E-state index contributed by atoms with van der Waals surface area (Å²) < 4.78 is 0. The predicted octanol–water partition coefficient (Wildman–Crippen LogP) is 1.16. The Labute approximate surface area is 114 Å². The lowest BCUT2D eigenvalue weighted by Gasteiger charge is -2.46. The second-order valence-electron chi connectivity index (χ2n) is 5.64. The summed E-state index contributed by atoms with van der Waals surface area (Å²) in [5, 5.41) is 0. The van der Waals surface area contributed by atoms with Gasteiger partial charge in [0.2, 0.25) is 5.91 Å². The van der Waals surface area contributed by atoms with Gasteiger partial charge in [0.15, 0.2) is 0 Å². The zero-order valence-electron chi connectivity index (χ0n) is 12.1. The topological polar surface area (TPSA) is 62.5 Å². The first kappa shape index (κ1) is 13.8. The van der Waals surface area contributed by atoms with Gasteiger partial charge in [0, 0.05) is 37.9 Å². The Balaban J connectivity index is 2.44. The molecule has 1 aromatic heterocycles. The van der Waals surface area contributed by atoms with Crippen LogP contribution in [0.1, 0.15) is 32.4 Å². The maximum atomic E-state index is 12.3. The van der Waals surface area contributed by atoms with Crippen LogP contribution in [0.25, 0.3) is 0 Å². The molecule has 1 aromatic rings. The second kappa shape index (κ2) is 4.81. The van der Waals surface area contributed by atoms with E-state index in [1.807, 2.05) is 40.0 Å². The Morgan fingerprint density at radius 3 is 2.74 bits per heavy atom. The molecule has 1 amide bonds. The van der Waals surface area contributed by atoms with Crippen LogP contribution in [0, 0.1) is 0 Å². The van der Waals surface area contributed by atoms with Gasteiger partial charge in [-0.25, -0.2) is 4.98 Å². The number of aromatic nitrogens is 1. The van der Waals surface area contributed by atoms with E-state index < -0.39 is 5.54 Å². The van der Waals surface area contributed by atoms with E-state index in [2.05, 4.69) is 9.88 Å². The van der Waals surface area contributed by atoms with Crippen molar-refractivity contribution in [2.45, 2.75) is 32.4 Å². The summed E-state index contributed by atoms with van der Waals surface area (Å²) in [5.41, 5.74) is 6.40. The maximum Gasteiger partial charge on any atom is 0.247 e. The van der Waals surface area contributed by atoms with Crippen LogP contribution in [0.3, 0.4) is 0 Å². The van der Waals surface area contributed by atoms with Crippen LogP contribution in [0.5, 0.6) is 0 Å². The lowest BCUT2D eigenvalue weighted by molar-refractivity contribution is -0.136. The molecule has 19 heavy (non-hydrogen) atoms. The van der Waals surface area contributed by atoms with E-state index >= 15 is 0 Å². The molecule has 1 aliphatic rings. The van der Waals surface area contributed by atoms with Gasteiger partial charge < -0.3 is 15.5 Å². The fourth-order valence-electron chi connectivity index (χ4n) is 2.57. The average Bonchev–Trinajstić information content (AvgIpc) is 2.36. The number of pyridine rings is 1. The maximum absolute atomic E-state index is 12.3. The Bertz CT molecular complexity index is 484. The summed E-state index contributed by atoms with van der Waals surface area (Å²) in [7, 11) is 1.84. The first-order valence-corrected chi connectivity index (χ1v) is 6.59. The molecule has 0 bridgehead atoms. The Kier molecular flexibility index (Phi) is 3.49. The van der Waals surface area contributed by atoms with Crippen molar-refractivity contribution in [2.75, 3.05) is 25.0 Å². The SMILES string of the molecule is CC(N)c1cccnc1N1CCN(C)C(=O)C1(C)C. The van der Waals surface area contributed by atoms with E-state index in [0.29, 0.717) is 6.54 Å². The summed E-state index contributed by atoms with van der Waals surface area (Å²) >= 11 is 0. The molecular weight excluding hydrogens is 240 g/mol. The molecule has 2 N–H and O–H groups in total. The highest BCUT2D eigenvalue weighted by atomic mass is 16.2. The van der Waals surface area contributed by atoms with Crippen LogP contribution in [0.2, 0.25) is 0 Å². The number of hydrogen-bond acceptors (Lipinski definition) is 4. The lowest BCUT2D eigenvalue weighted by Crippen LogP contribution is -2.62. The molecular formula is C14H22N4O. The fraction of sp³-hybridized carbons (Fsp3) is 0.571. The molecule has 0 aliphatic carbocycles. The van der Waals surface area contributed by atoms with Crippen molar-refractivity contribution in [1.29, 1.82) is 0 Å². The third-order valence-electron chi connectivity index (χ3n) is 3.77. The molecule has 1 aliphatic heterocycles. The van der Waals surface area contributed by atoms with Crippen molar-refractivity contribution in [3.05, 3.63) is 23.9 Å². The largest absolute Gasteiger partial charge is 0.342 e. The molecule has 0 aromatic carbocycles. The van der Waals surface area contributed by atoms with Crippen LogP contribution in [-0.4, -0.2) is 41.5 Å². The van der Waals surface area contributed by atoms with Crippen molar-refractivity contribution in [3.63, 3.8) is 0 Å². The lowest BCUT2D eigenvalue weighted by atomic mass is 9.96. The quantitative estimate of drug-likeness (QED) is 0.868. The number of nitrogens with two attached hydrogens (primary N) is 1. The number of anilines is 1. The molecule has 104 valence electrons. The van der Waals surface area contributed by atoms with Crippen LogP contribution in [0.4, 0.5) is 5.82 Å². The van der Waals surface area contributed by atoms with Crippen LogP contribution < -0.4 is 10.6 Å². The smallest absolute Gasteiger partial charge is 0.247 e. The van der Waals surface area contributed by atoms with Crippen molar-refractivity contribution < 1.29 is 4.79 Å². The number of nitrogens with zero attached hydrogens (tertiary/aromatic N) is 3. The van der Waals surface area contributed by atoms with E-state index in [1.54, 1.807) is 11.1 Å². The first-order valence-electron chi connectivity index (χ1n) is 6.59. The summed E-state index contributed by atoms with van der Waals surface area (Å²) in [5.74, 6) is 0.934. The van der Waals surface area contributed by atoms with E-state index in [1.165, 1.54) is 0 Å². The number of hydrogen-bond donors (Lipinski definition) is 1. The Hall–Kier alpha value is -1.62. The highest BCUT2D eigenvalue weighted by Gasteiger charge is 2.41. The number of piperazine rings is 1. The van der Waals surface area contributed by atoms with Crippen LogP contribution >= 0.6 is 0 Å². The summed E-state index contributed by atoms with van der Waals surface area (Å²) in [6, 6.07) is 3.76. The van der Waals surface area contributed by atoms with Crippen LogP contribution in [-0.2, 0) is 4.79 Å². The molecule has 1 fully saturated rings. The summed E-state index contributed by atoms with van der Waals surface area (Å²) in [6.07, 6.45) is 1.75. The number of carbonyl (C=O) groups excluding carboxylic acids is 1. The minimum absolute atomic E-state index is 0.103. The predicted molar refractivity (Wildman–Crippen MR) is 75.9 cm³/mol. The van der Waals surface area contributed by atoms with E-state index in [9.17, 15) is 4.79 Å². The third kappa shape index (κ3) is 2.30. The zero-order valence-corrected chi connectivity index (χ0v) is 12.1.